The van der Waals surface area contributed by atoms with Crippen molar-refractivity contribution in [3.05, 3.63) is 33.6 Å². The summed E-state index contributed by atoms with van der Waals surface area (Å²) in [6.45, 7) is 3.83. The van der Waals surface area contributed by atoms with E-state index in [4.69, 9.17) is 14.2 Å². The Balaban J connectivity index is 2.07. The van der Waals surface area contributed by atoms with Gasteiger partial charge in [0.2, 0.25) is 5.75 Å². The Labute approximate surface area is 160 Å². The van der Waals surface area contributed by atoms with E-state index in [1.165, 1.54) is 27.5 Å². The smallest absolute Gasteiger partial charge is 0.261 e. The summed E-state index contributed by atoms with van der Waals surface area (Å²) in [6.07, 6.45) is 1.50. The number of nitrogens with one attached hydrogen (secondary N) is 1. The summed E-state index contributed by atoms with van der Waals surface area (Å²) in [4.78, 5) is 12.1. The molecule has 140 valence electrons. The molecule has 1 heterocycles. The first-order valence-corrected chi connectivity index (χ1v) is 8.52. The van der Waals surface area contributed by atoms with E-state index in [-0.39, 0.29) is 12.5 Å². The maximum absolute atomic E-state index is 12.1. The summed E-state index contributed by atoms with van der Waals surface area (Å²) in [7, 11) is 4.60. The number of carbonyl (C=O) groups excluding carboxylic acids is 1. The SMILES string of the molecule is COc1cc(/C=N/NC(=O)Cn2nc(C)c(Br)c2C)cc(OC)c1OC. The third-order valence-electron chi connectivity index (χ3n) is 3.68. The molecular formula is C17H21BrN4O4. The molecule has 1 N–H and O–H groups in total. The highest BCUT2D eigenvalue weighted by molar-refractivity contribution is 9.10. The fourth-order valence-corrected chi connectivity index (χ4v) is 2.64. The van der Waals surface area contributed by atoms with Crippen LogP contribution in [0.1, 0.15) is 17.0 Å². The molecule has 0 unspecified atom stereocenters. The molecule has 1 aromatic heterocycles. The summed E-state index contributed by atoms with van der Waals surface area (Å²) in [6, 6.07) is 3.46. The summed E-state index contributed by atoms with van der Waals surface area (Å²) in [5, 5.41) is 8.26. The van der Waals surface area contributed by atoms with Crippen LogP contribution in [0.2, 0.25) is 0 Å². The first kappa shape index (κ1) is 19.8. The Hall–Kier alpha value is -2.55. The molecule has 0 fully saturated rings. The third-order valence-corrected chi connectivity index (χ3v) is 4.82. The first-order valence-electron chi connectivity index (χ1n) is 7.72. The van der Waals surface area contributed by atoms with E-state index in [0.29, 0.717) is 22.8 Å². The molecule has 0 aliphatic carbocycles. The maximum Gasteiger partial charge on any atom is 0.261 e. The lowest BCUT2D eigenvalue weighted by molar-refractivity contribution is -0.121. The molecule has 8 nitrogen and oxygen atoms in total. The van der Waals surface area contributed by atoms with Crippen LogP contribution in [-0.4, -0.2) is 43.2 Å². The van der Waals surface area contributed by atoms with Gasteiger partial charge in [-0.3, -0.25) is 9.48 Å². The second-order valence-corrected chi connectivity index (χ2v) is 6.19. The molecule has 0 atom stereocenters. The average molecular weight is 425 g/mol. The van der Waals surface area contributed by atoms with Gasteiger partial charge in [0, 0.05) is 5.56 Å². The van der Waals surface area contributed by atoms with Gasteiger partial charge in [0.1, 0.15) is 6.54 Å². The van der Waals surface area contributed by atoms with Crippen LogP contribution in [-0.2, 0) is 11.3 Å². The van der Waals surface area contributed by atoms with Crippen molar-refractivity contribution in [3.63, 3.8) is 0 Å². The molecule has 9 heteroatoms. The van der Waals surface area contributed by atoms with E-state index in [2.05, 4.69) is 31.6 Å². The van der Waals surface area contributed by atoms with Gasteiger partial charge in [-0.25, -0.2) is 5.43 Å². The number of amides is 1. The summed E-state index contributed by atoms with van der Waals surface area (Å²) in [5.74, 6) is 1.22. The van der Waals surface area contributed by atoms with Crippen LogP contribution in [0, 0.1) is 13.8 Å². The van der Waals surface area contributed by atoms with Gasteiger partial charge in [-0.2, -0.15) is 10.2 Å². The van der Waals surface area contributed by atoms with Crippen LogP contribution < -0.4 is 19.6 Å². The topological polar surface area (TPSA) is 87.0 Å². The van der Waals surface area contributed by atoms with E-state index in [1.807, 2.05) is 13.8 Å². The molecular weight excluding hydrogens is 404 g/mol. The fourth-order valence-electron chi connectivity index (χ4n) is 2.36. The molecule has 0 saturated heterocycles. The van der Waals surface area contributed by atoms with Crippen LogP contribution in [0.25, 0.3) is 0 Å². The molecule has 0 spiro atoms. The van der Waals surface area contributed by atoms with Gasteiger partial charge in [-0.1, -0.05) is 0 Å². The molecule has 2 rings (SSSR count). The predicted molar refractivity (Wildman–Crippen MR) is 101 cm³/mol. The van der Waals surface area contributed by atoms with E-state index in [1.54, 1.807) is 16.8 Å². The van der Waals surface area contributed by atoms with Crippen molar-refractivity contribution in [3.8, 4) is 17.2 Å². The summed E-state index contributed by atoms with van der Waals surface area (Å²) < 4.78 is 18.3. The molecule has 0 aliphatic rings. The third kappa shape index (κ3) is 4.34. The van der Waals surface area contributed by atoms with Crippen molar-refractivity contribution in [2.24, 2.45) is 5.10 Å². The molecule has 0 bridgehead atoms. The summed E-state index contributed by atoms with van der Waals surface area (Å²) in [5.41, 5.74) is 4.88. The number of rotatable bonds is 7. The Morgan fingerprint density at radius 3 is 2.31 bits per heavy atom. The quantitative estimate of drug-likeness (QED) is 0.544. The largest absolute Gasteiger partial charge is 0.493 e. The number of benzene rings is 1. The van der Waals surface area contributed by atoms with Crippen LogP contribution >= 0.6 is 15.9 Å². The second-order valence-electron chi connectivity index (χ2n) is 5.39. The van der Waals surface area contributed by atoms with Crippen molar-refractivity contribution < 1.29 is 19.0 Å². The molecule has 2 aromatic rings. The zero-order valence-corrected chi connectivity index (χ0v) is 16.9. The van der Waals surface area contributed by atoms with Crippen LogP contribution in [0.4, 0.5) is 0 Å². The van der Waals surface area contributed by atoms with E-state index in [9.17, 15) is 4.79 Å². The van der Waals surface area contributed by atoms with E-state index in [0.717, 1.165) is 15.9 Å². The number of nitrogens with zero attached hydrogens (tertiary/aromatic N) is 3. The van der Waals surface area contributed by atoms with Gasteiger partial charge in [0.25, 0.3) is 5.91 Å². The lowest BCUT2D eigenvalue weighted by atomic mass is 10.2. The van der Waals surface area contributed by atoms with Gasteiger partial charge in [-0.15, -0.1) is 0 Å². The van der Waals surface area contributed by atoms with Crippen LogP contribution in [0.3, 0.4) is 0 Å². The highest BCUT2D eigenvalue weighted by Crippen LogP contribution is 2.37. The number of ether oxygens (including phenoxy) is 3. The normalized spacial score (nSPS) is 10.8. The molecule has 0 radical (unpaired) electrons. The minimum Gasteiger partial charge on any atom is -0.493 e. The fraction of sp³-hybridized carbons (Fsp3) is 0.353. The van der Waals surface area contributed by atoms with Gasteiger partial charge in [-0.05, 0) is 41.9 Å². The number of aromatic nitrogens is 2. The highest BCUT2D eigenvalue weighted by atomic mass is 79.9. The molecule has 1 amide bonds. The van der Waals surface area contributed by atoms with E-state index >= 15 is 0 Å². The highest BCUT2D eigenvalue weighted by Gasteiger charge is 2.13. The molecule has 0 aliphatic heterocycles. The zero-order chi connectivity index (χ0) is 19.3. The first-order chi connectivity index (χ1) is 12.4. The van der Waals surface area contributed by atoms with E-state index < -0.39 is 0 Å². The van der Waals surface area contributed by atoms with Crippen molar-refractivity contribution in [2.45, 2.75) is 20.4 Å². The number of halogens is 1. The monoisotopic (exact) mass is 424 g/mol. The lowest BCUT2D eigenvalue weighted by Gasteiger charge is -2.12. The molecule has 0 saturated carbocycles. The van der Waals surface area contributed by atoms with Gasteiger partial charge >= 0.3 is 0 Å². The minimum absolute atomic E-state index is 0.0743. The predicted octanol–water partition coefficient (Wildman–Crippen LogP) is 2.44. The van der Waals surface area contributed by atoms with Gasteiger partial charge in [0.15, 0.2) is 11.5 Å². The molecule has 26 heavy (non-hydrogen) atoms. The molecule has 1 aromatic carbocycles. The van der Waals surface area contributed by atoms with Crippen molar-refractivity contribution in [1.29, 1.82) is 0 Å². The maximum atomic E-state index is 12.1. The van der Waals surface area contributed by atoms with Gasteiger partial charge in [0.05, 0.1) is 43.4 Å². The lowest BCUT2D eigenvalue weighted by Crippen LogP contribution is -2.24. The number of hydrogen-bond acceptors (Lipinski definition) is 6. The number of methoxy groups -OCH3 is 3. The number of hydrogen-bond donors (Lipinski definition) is 1. The number of aryl methyl sites for hydroxylation is 1. The Morgan fingerprint density at radius 2 is 1.85 bits per heavy atom. The Kier molecular flexibility index (Phi) is 6.62. The minimum atomic E-state index is -0.285. The van der Waals surface area contributed by atoms with Crippen molar-refractivity contribution >= 4 is 28.1 Å². The Morgan fingerprint density at radius 1 is 1.23 bits per heavy atom. The van der Waals surface area contributed by atoms with Gasteiger partial charge < -0.3 is 14.2 Å². The van der Waals surface area contributed by atoms with Crippen molar-refractivity contribution in [2.75, 3.05) is 21.3 Å². The second kappa shape index (κ2) is 8.70. The Bertz CT molecular complexity index is 807. The van der Waals surface area contributed by atoms with Crippen molar-refractivity contribution in [1.82, 2.24) is 15.2 Å². The summed E-state index contributed by atoms with van der Waals surface area (Å²) >= 11 is 3.43. The van der Waals surface area contributed by atoms with Crippen LogP contribution in [0.5, 0.6) is 17.2 Å². The average Bonchev–Trinajstić information content (AvgIpc) is 2.87. The standard InChI is InChI=1S/C17H21BrN4O4/c1-10-16(18)11(2)22(21-10)9-15(23)20-19-8-12-6-13(24-3)17(26-5)14(7-12)25-4/h6-8H,9H2,1-5H3,(H,20,23)/b19-8+. The number of carbonyl (C=O) groups is 1. The number of hydrazone groups is 1. The zero-order valence-electron chi connectivity index (χ0n) is 15.3. The van der Waals surface area contributed by atoms with Crippen LogP contribution in [0.15, 0.2) is 21.7 Å².